The molecule has 0 unspecified atom stereocenters. The van der Waals surface area contributed by atoms with Gasteiger partial charge in [0.25, 0.3) is 0 Å². The van der Waals surface area contributed by atoms with E-state index < -0.39 is 0 Å². The van der Waals surface area contributed by atoms with Crippen molar-refractivity contribution in [1.29, 1.82) is 0 Å². The van der Waals surface area contributed by atoms with Crippen LogP contribution in [0.15, 0.2) is 206 Å². The van der Waals surface area contributed by atoms with Gasteiger partial charge in [-0.25, -0.2) is 15.0 Å². The number of fused-ring (bicyclic) bond motifs is 7. The van der Waals surface area contributed by atoms with E-state index in [1.165, 1.54) is 47.3 Å². The van der Waals surface area contributed by atoms with E-state index in [2.05, 4.69) is 193 Å². The molecule has 0 saturated carbocycles. The number of para-hydroxylation sites is 2. The van der Waals surface area contributed by atoms with E-state index in [1.54, 1.807) is 0 Å². The zero-order valence-corrected chi connectivity index (χ0v) is 33.1. The van der Waals surface area contributed by atoms with Gasteiger partial charge in [0.2, 0.25) is 0 Å². The molecular weight excluding hydrogens is 749 g/mol. The highest BCUT2D eigenvalue weighted by molar-refractivity contribution is 7.25. The van der Waals surface area contributed by atoms with Crippen LogP contribution in [0.3, 0.4) is 0 Å². The van der Waals surface area contributed by atoms with Crippen molar-refractivity contribution in [3.8, 4) is 62.1 Å². The van der Waals surface area contributed by atoms with Crippen LogP contribution >= 0.6 is 11.3 Å². The van der Waals surface area contributed by atoms with Crippen LogP contribution in [0.2, 0.25) is 0 Å². The van der Waals surface area contributed by atoms with Crippen molar-refractivity contribution in [3.63, 3.8) is 0 Å². The Labute approximate surface area is 350 Å². The maximum atomic E-state index is 5.21. The van der Waals surface area contributed by atoms with Crippen LogP contribution in [0, 0.1) is 0 Å². The third-order valence-electron chi connectivity index (χ3n) is 11.6. The Hall–Kier alpha value is -7.73. The molecule has 60 heavy (non-hydrogen) atoms. The molecule has 3 aromatic heterocycles. The summed E-state index contributed by atoms with van der Waals surface area (Å²) in [5.41, 5.74) is 10.7. The molecule has 0 saturated heterocycles. The SMILES string of the molecule is c1ccc(-c2nc(-c3ccc(-c4ccc5sc6cc7ccccc7cc6c5c4)cc3)nc(-c3ccc(-c4ccccc4)c(-n4c5ccccc5c5ccccc54)c3)n2)cc1. The van der Waals surface area contributed by atoms with E-state index in [1.807, 2.05) is 29.5 Å². The standard InChI is InChI=1S/C55H34N4S/c1-3-13-36(14-4-1)43-29-27-42(33-50(43)59-48-21-11-9-19-44(48)45-20-10-12-22-49(45)59)55-57-53(37-15-5-2-6-16-37)56-54(58-55)38-25-23-35(24-26-38)41-28-30-51-46(32-41)47-31-39-17-7-8-18-40(39)34-52(47)60-51/h1-34H. The Kier molecular flexibility index (Phi) is 8.00. The molecule has 0 N–H and O–H groups in total. The predicted octanol–water partition coefficient (Wildman–Crippen LogP) is 14.8. The molecule has 0 radical (unpaired) electrons. The molecule has 3 heterocycles. The zero-order chi connectivity index (χ0) is 39.6. The Bertz CT molecular complexity index is 3530. The minimum atomic E-state index is 0.617. The van der Waals surface area contributed by atoms with E-state index in [0.29, 0.717) is 17.5 Å². The maximum absolute atomic E-state index is 5.21. The molecule has 0 bridgehead atoms. The molecule has 4 nitrogen and oxygen atoms in total. The highest BCUT2D eigenvalue weighted by Gasteiger charge is 2.19. The van der Waals surface area contributed by atoms with E-state index in [9.17, 15) is 0 Å². The number of hydrogen-bond acceptors (Lipinski definition) is 4. The van der Waals surface area contributed by atoms with Crippen LogP contribution in [0.4, 0.5) is 0 Å². The van der Waals surface area contributed by atoms with Gasteiger partial charge in [0.15, 0.2) is 17.5 Å². The van der Waals surface area contributed by atoms with Crippen LogP contribution in [-0.4, -0.2) is 19.5 Å². The second-order valence-electron chi connectivity index (χ2n) is 15.2. The summed E-state index contributed by atoms with van der Waals surface area (Å²) >= 11 is 1.86. The molecule has 0 aliphatic rings. The highest BCUT2D eigenvalue weighted by Crippen LogP contribution is 2.40. The lowest BCUT2D eigenvalue weighted by Crippen LogP contribution is -2.02. The first-order chi connectivity index (χ1) is 29.7. The number of hydrogen-bond donors (Lipinski definition) is 0. The van der Waals surface area contributed by atoms with Gasteiger partial charge < -0.3 is 4.57 Å². The largest absolute Gasteiger partial charge is 0.309 e. The molecule has 0 aliphatic heterocycles. The van der Waals surface area contributed by atoms with Crippen LogP contribution in [0.5, 0.6) is 0 Å². The zero-order valence-electron chi connectivity index (χ0n) is 32.3. The summed E-state index contributed by atoms with van der Waals surface area (Å²) in [6.07, 6.45) is 0. The lowest BCUT2D eigenvalue weighted by Gasteiger charge is -2.16. The molecule has 0 atom stereocenters. The summed E-state index contributed by atoms with van der Waals surface area (Å²) in [4.78, 5) is 15.5. The molecule has 5 heteroatoms. The van der Waals surface area contributed by atoms with Gasteiger partial charge in [-0.3, -0.25) is 0 Å². The van der Waals surface area contributed by atoms with Gasteiger partial charge in [0, 0.05) is 53.2 Å². The topological polar surface area (TPSA) is 43.6 Å². The molecule has 0 fully saturated rings. The van der Waals surface area contributed by atoms with E-state index >= 15 is 0 Å². The smallest absolute Gasteiger partial charge is 0.164 e. The molecule has 0 spiro atoms. The average molecular weight is 783 g/mol. The third kappa shape index (κ3) is 5.78. The van der Waals surface area contributed by atoms with Crippen molar-refractivity contribution in [2.75, 3.05) is 0 Å². The first-order valence-electron chi connectivity index (χ1n) is 20.2. The fourth-order valence-corrected chi connectivity index (χ4v) is 9.82. The van der Waals surface area contributed by atoms with Gasteiger partial charge in [-0.05, 0) is 69.9 Å². The van der Waals surface area contributed by atoms with E-state index in [4.69, 9.17) is 15.0 Å². The van der Waals surface area contributed by atoms with Gasteiger partial charge in [0.05, 0.1) is 16.7 Å². The fourth-order valence-electron chi connectivity index (χ4n) is 8.70. The third-order valence-corrected chi connectivity index (χ3v) is 12.8. The van der Waals surface area contributed by atoms with Crippen molar-refractivity contribution in [2.45, 2.75) is 0 Å². The molecule has 0 amide bonds. The summed E-state index contributed by atoms with van der Waals surface area (Å²) in [6.45, 7) is 0. The molecule has 280 valence electrons. The van der Waals surface area contributed by atoms with Crippen LogP contribution in [0.1, 0.15) is 0 Å². The van der Waals surface area contributed by atoms with Crippen molar-refractivity contribution < 1.29 is 0 Å². The molecule has 12 rings (SSSR count). The Morgan fingerprint density at radius 3 is 1.50 bits per heavy atom. The Morgan fingerprint density at radius 2 is 0.817 bits per heavy atom. The minimum absolute atomic E-state index is 0.617. The van der Waals surface area contributed by atoms with Gasteiger partial charge in [-0.1, -0.05) is 164 Å². The monoisotopic (exact) mass is 782 g/mol. The summed E-state index contributed by atoms with van der Waals surface area (Å²) in [5, 5.41) is 7.56. The quantitative estimate of drug-likeness (QED) is 0.169. The van der Waals surface area contributed by atoms with Gasteiger partial charge in [-0.2, -0.15) is 0 Å². The van der Waals surface area contributed by atoms with Gasteiger partial charge in [0.1, 0.15) is 0 Å². The predicted molar refractivity (Wildman–Crippen MR) is 252 cm³/mol. The van der Waals surface area contributed by atoms with Crippen molar-refractivity contribution in [2.24, 2.45) is 0 Å². The Morgan fingerprint density at radius 1 is 0.317 bits per heavy atom. The van der Waals surface area contributed by atoms with Crippen LogP contribution in [-0.2, 0) is 0 Å². The van der Waals surface area contributed by atoms with E-state index in [-0.39, 0.29) is 0 Å². The number of nitrogens with zero attached hydrogens (tertiary/aromatic N) is 4. The minimum Gasteiger partial charge on any atom is -0.309 e. The lowest BCUT2D eigenvalue weighted by molar-refractivity contribution is 1.07. The number of thiophene rings is 1. The maximum Gasteiger partial charge on any atom is 0.164 e. The second kappa shape index (κ2) is 14.0. The first-order valence-corrected chi connectivity index (χ1v) is 21.0. The first kappa shape index (κ1) is 34.3. The number of benzene rings is 9. The molecule has 12 aromatic rings. The average Bonchev–Trinajstić information content (AvgIpc) is 3.85. The fraction of sp³-hybridized carbons (Fsp3) is 0. The summed E-state index contributed by atoms with van der Waals surface area (Å²) in [7, 11) is 0. The molecular formula is C55H34N4S. The van der Waals surface area contributed by atoms with E-state index in [0.717, 1.165) is 50.1 Å². The van der Waals surface area contributed by atoms with Gasteiger partial charge in [-0.15, -0.1) is 11.3 Å². The molecule has 9 aromatic carbocycles. The van der Waals surface area contributed by atoms with Gasteiger partial charge >= 0.3 is 0 Å². The molecule has 0 aliphatic carbocycles. The van der Waals surface area contributed by atoms with Crippen molar-refractivity contribution >= 4 is 64.1 Å². The summed E-state index contributed by atoms with van der Waals surface area (Å²) in [6, 6.07) is 73.4. The van der Waals surface area contributed by atoms with Crippen molar-refractivity contribution in [3.05, 3.63) is 206 Å². The highest BCUT2D eigenvalue weighted by atomic mass is 32.1. The normalized spacial score (nSPS) is 11.7. The number of rotatable bonds is 6. The summed E-state index contributed by atoms with van der Waals surface area (Å²) in [5.74, 6) is 1.88. The summed E-state index contributed by atoms with van der Waals surface area (Å²) < 4.78 is 4.99. The number of aromatic nitrogens is 4. The van der Waals surface area contributed by atoms with Crippen LogP contribution < -0.4 is 0 Å². The second-order valence-corrected chi connectivity index (χ2v) is 16.3. The Balaban J connectivity index is 0.993. The van der Waals surface area contributed by atoms with Crippen LogP contribution in [0.25, 0.3) is 115 Å². The lowest BCUT2D eigenvalue weighted by atomic mass is 10.00. The van der Waals surface area contributed by atoms with Crippen molar-refractivity contribution in [1.82, 2.24) is 19.5 Å².